The van der Waals surface area contributed by atoms with Crippen LogP contribution in [0, 0.1) is 18.6 Å². The second kappa shape index (κ2) is 4.93. The standard InChI is InChI=1S/C14H11F2N5/c1-8-4-9(6-10(17)5-8)14-18-19-20-21(14)11-2-3-12(15)13(16)7-11/h2-7H,17H2,1H3. The molecule has 1 heterocycles. The van der Waals surface area contributed by atoms with Gasteiger partial charge < -0.3 is 5.73 Å². The molecule has 0 fully saturated rings. The quantitative estimate of drug-likeness (QED) is 0.735. The number of nitrogen functional groups attached to an aromatic ring is 1. The summed E-state index contributed by atoms with van der Waals surface area (Å²) in [6.07, 6.45) is 0. The zero-order valence-electron chi connectivity index (χ0n) is 11.1. The molecule has 7 heteroatoms. The van der Waals surface area contributed by atoms with Crippen LogP contribution in [-0.4, -0.2) is 20.2 Å². The minimum absolute atomic E-state index is 0.328. The first-order chi connectivity index (χ1) is 10.0. The molecule has 0 aliphatic rings. The highest BCUT2D eigenvalue weighted by Gasteiger charge is 2.13. The van der Waals surface area contributed by atoms with Crippen LogP contribution < -0.4 is 5.73 Å². The summed E-state index contributed by atoms with van der Waals surface area (Å²) in [5.41, 5.74) is 8.36. The average molecular weight is 287 g/mol. The Bertz CT molecular complexity index is 793. The molecule has 106 valence electrons. The lowest BCUT2D eigenvalue weighted by atomic mass is 10.1. The molecule has 21 heavy (non-hydrogen) atoms. The third-order valence-corrected chi connectivity index (χ3v) is 2.98. The molecule has 2 N–H and O–H groups in total. The van der Waals surface area contributed by atoms with Crippen LogP contribution in [0.15, 0.2) is 36.4 Å². The SMILES string of the molecule is Cc1cc(N)cc(-c2nnnn2-c2ccc(F)c(F)c2)c1. The Morgan fingerprint density at radius 3 is 2.57 bits per heavy atom. The lowest BCUT2D eigenvalue weighted by molar-refractivity contribution is 0.507. The van der Waals surface area contributed by atoms with Gasteiger partial charge in [-0.2, -0.15) is 4.68 Å². The number of tetrazole rings is 1. The van der Waals surface area contributed by atoms with Gasteiger partial charge in [0.05, 0.1) is 5.69 Å². The summed E-state index contributed by atoms with van der Waals surface area (Å²) in [7, 11) is 0. The smallest absolute Gasteiger partial charge is 0.187 e. The van der Waals surface area contributed by atoms with Crippen molar-refractivity contribution in [3.8, 4) is 17.1 Å². The van der Waals surface area contributed by atoms with Gasteiger partial charge in [-0.05, 0) is 53.2 Å². The number of nitrogens with zero attached hydrogens (tertiary/aromatic N) is 4. The number of hydrogen-bond acceptors (Lipinski definition) is 4. The second-order valence-electron chi connectivity index (χ2n) is 4.65. The molecule has 3 rings (SSSR count). The average Bonchev–Trinajstić information content (AvgIpc) is 2.90. The van der Waals surface area contributed by atoms with E-state index in [4.69, 9.17) is 5.73 Å². The number of anilines is 1. The van der Waals surface area contributed by atoms with Crippen molar-refractivity contribution in [3.63, 3.8) is 0 Å². The lowest BCUT2D eigenvalue weighted by Gasteiger charge is -2.07. The highest BCUT2D eigenvalue weighted by Crippen LogP contribution is 2.23. The topological polar surface area (TPSA) is 69.6 Å². The molecular formula is C14H11F2N5. The van der Waals surface area contributed by atoms with Crippen LogP contribution in [0.25, 0.3) is 17.1 Å². The van der Waals surface area contributed by atoms with E-state index in [1.165, 1.54) is 10.7 Å². The van der Waals surface area contributed by atoms with Crippen molar-refractivity contribution in [1.82, 2.24) is 20.2 Å². The maximum Gasteiger partial charge on any atom is 0.187 e. The first-order valence-corrected chi connectivity index (χ1v) is 6.16. The molecule has 5 nitrogen and oxygen atoms in total. The zero-order valence-corrected chi connectivity index (χ0v) is 11.1. The monoisotopic (exact) mass is 287 g/mol. The van der Waals surface area contributed by atoms with Crippen molar-refractivity contribution in [2.45, 2.75) is 6.92 Å². The van der Waals surface area contributed by atoms with E-state index in [0.717, 1.165) is 17.7 Å². The van der Waals surface area contributed by atoms with Gasteiger partial charge in [-0.3, -0.25) is 0 Å². The predicted octanol–water partition coefficient (Wildman–Crippen LogP) is 2.50. The highest BCUT2D eigenvalue weighted by atomic mass is 19.2. The molecule has 0 aliphatic carbocycles. The number of rotatable bonds is 2. The van der Waals surface area contributed by atoms with Crippen LogP contribution in [0.1, 0.15) is 5.56 Å². The van der Waals surface area contributed by atoms with Crippen molar-refractivity contribution < 1.29 is 8.78 Å². The molecule has 0 aliphatic heterocycles. The fourth-order valence-electron chi connectivity index (χ4n) is 2.10. The Hall–Kier alpha value is -2.83. The van der Waals surface area contributed by atoms with Gasteiger partial charge in [-0.1, -0.05) is 0 Å². The van der Waals surface area contributed by atoms with Gasteiger partial charge in [0.25, 0.3) is 0 Å². The van der Waals surface area contributed by atoms with Gasteiger partial charge >= 0.3 is 0 Å². The molecule has 0 saturated heterocycles. The molecule has 0 radical (unpaired) electrons. The number of benzene rings is 2. The molecule has 2 aromatic carbocycles. The highest BCUT2D eigenvalue weighted by molar-refractivity contribution is 5.64. The van der Waals surface area contributed by atoms with E-state index >= 15 is 0 Å². The van der Waals surface area contributed by atoms with Crippen molar-refractivity contribution in [1.29, 1.82) is 0 Å². The van der Waals surface area contributed by atoms with Gasteiger partial charge in [0.1, 0.15) is 0 Å². The summed E-state index contributed by atoms with van der Waals surface area (Å²) in [4.78, 5) is 0. The van der Waals surface area contributed by atoms with Gasteiger partial charge in [-0.25, -0.2) is 8.78 Å². The Kier molecular flexibility index (Phi) is 3.09. The normalized spacial score (nSPS) is 10.8. The van der Waals surface area contributed by atoms with Crippen molar-refractivity contribution in [2.24, 2.45) is 0 Å². The van der Waals surface area contributed by atoms with Gasteiger partial charge in [0.15, 0.2) is 17.5 Å². The third kappa shape index (κ3) is 2.45. The van der Waals surface area contributed by atoms with Gasteiger partial charge in [0.2, 0.25) is 0 Å². The fraction of sp³-hybridized carbons (Fsp3) is 0.0714. The van der Waals surface area contributed by atoms with E-state index in [1.807, 2.05) is 19.1 Å². The van der Waals surface area contributed by atoms with Crippen LogP contribution in [0.5, 0.6) is 0 Å². The minimum Gasteiger partial charge on any atom is -0.399 e. The number of aromatic nitrogens is 4. The van der Waals surface area contributed by atoms with E-state index in [9.17, 15) is 8.78 Å². The van der Waals surface area contributed by atoms with E-state index in [1.54, 1.807) is 6.07 Å². The fourth-order valence-corrected chi connectivity index (χ4v) is 2.10. The molecule has 3 aromatic rings. The minimum atomic E-state index is -0.960. The predicted molar refractivity (Wildman–Crippen MR) is 73.7 cm³/mol. The van der Waals surface area contributed by atoms with E-state index in [-0.39, 0.29) is 0 Å². The van der Waals surface area contributed by atoms with Crippen LogP contribution >= 0.6 is 0 Å². The Morgan fingerprint density at radius 2 is 1.86 bits per heavy atom. The maximum absolute atomic E-state index is 13.4. The molecular weight excluding hydrogens is 276 g/mol. The van der Waals surface area contributed by atoms with E-state index < -0.39 is 11.6 Å². The van der Waals surface area contributed by atoms with E-state index in [2.05, 4.69) is 15.5 Å². The Morgan fingerprint density at radius 1 is 1.05 bits per heavy atom. The van der Waals surface area contributed by atoms with Crippen molar-refractivity contribution in [3.05, 3.63) is 53.6 Å². The first kappa shape index (κ1) is 13.2. The summed E-state index contributed by atoms with van der Waals surface area (Å²) < 4.78 is 27.7. The summed E-state index contributed by atoms with van der Waals surface area (Å²) in [6, 6.07) is 8.86. The van der Waals surface area contributed by atoms with Crippen LogP contribution in [0.3, 0.4) is 0 Å². The summed E-state index contributed by atoms with van der Waals surface area (Å²) >= 11 is 0. The van der Waals surface area contributed by atoms with Gasteiger partial charge in [0, 0.05) is 17.3 Å². The molecule has 0 saturated carbocycles. The number of hydrogen-bond donors (Lipinski definition) is 1. The Balaban J connectivity index is 2.14. The summed E-state index contributed by atoms with van der Waals surface area (Å²) in [5, 5.41) is 11.3. The van der Waals surface area contributed by atoms with Crippen LogP contribution in [0.2, 0.25) is 0 Å². The molecule has 1 aromatic heterocycles. The first-order valence-electron chi connectivity index (χ1n) is 6.16. The molecule has 0 amide bonds. The Labute approximate surface area is 119 Å². The molecule has 0 unspecified atom stereocenters. The number of nitrogens with two attached hydrogens (primary N) is 1. The largest absolute Gasteiger partial charge is 0.399 e. The third-order valence-electron chi connectivity index (χ3n) is 2.98. The molecule has 0 spiro atoms. The van der Waals surface area contributed by atoms with E-state index in [0.29, 0.717) is 22.8 Å². The molecule has 0 atom stereocenters. The summed E-state index contributed by atoms with van der Waals surface area (Å²) in [5.74, 6) is -1.48. The number of halogens is 2. The maximum atomic E-state index is 13.4. The number of aryl methyl sites for hydroxylation is 1. The van der Waals surface area contributed by atoms with Crippen molar-refractivity contribution >= 4 is 5.69 Å². The van der Waals surface area contributed by atoms with Crippen molar-refractivity contribution in [2.75, 3.05) is 5.73 Å². The summed E-state index contributed by atoms with van der Waals surface area (Å²) in [6.45, 7) is 1.89. The van der Waals surface area contributed by atoms with Crippen LogP contribution in [0.4, 0.5) is 14.5 Å². The zero-order chi connectivity index (χ0) is 15.0. The van der Waals surface area contributed by atoms with Crippen LogP contribution in [-0.2, 0) is 0 Å². The molecule has 0 bridgehead atoms. The lowest BCUT2D eigenvalue weighted by Crippen LogP contribution is -2.02. The van der Waals surface area contributed by atoms with Gasteiger partial charge in [-0.15, -0.1) is 5.10 Å². The second-order valence-corrected chi connectivity index (χ2v) is 4.65.